The van der Waals surface area contributed by atoms with Crippen LogP contribution in [0, 0.1) is 11.6 Å². The van der Waals surface area contributed by atoms with Crippen LogP contribution in [-0.4, -0.2) is 4.98 Å². The van der Waals surface area contributed by atoms with Crippen LogP contribution in [0.3, 0.4) is 0 Å². The lowest BCUT2D eigenvalue weighted by Gasteiger charge is -1.96. The van der Waals surface area contributed by atoms with Crippen molar-refractivity contribution in [2.45, 2.75) is 0 Å². The topological polar surface area (TPSA) is 12.9 Å². The maximum atomic E-state index is 12.8. The fourth-order valence-corrected chi connectivity index (χ4v) is 2.31. The highest BCUT2D eigenvalue weighted by molar-refractivity contribution is 9.10. The molecule has 2 rings (SSSR count). The maximum absolute atomic E-state index is 12.8. The van der Waals surface area contributed by atoms with Gasteiger partial charge in [-0.05, 0) is 28.1 Å². The average molecular weight is 276 g/mol. The average Bonchev–Trinajstić information content (AvgIpc) is 2.50. The molecule has 0 N–H and O–H groups in total. The van der Waals surface area contributed by atoms with E-state index in [9.17, 15) is 8.78 Å². The van der Waals surface area contributed by atoms with Crippen molar-refractivity contribution in [2.75, 3.05) is 0 Å². The number of halogens is 3. The molecule has 0 radical (unpaired) electrons. The summed E-state index contributed by atoms with van der Waals surface area (Å²) in [4.78, 5) is 4.06. The van der Waals surface area contributed by atoms with E-state index in [2.05, 4.69) is 20.9 Å². The molecule has 0 fully saturated rings. The van der Waals surface area contributed by atoms with Crippen LogP contribution in [0.2, 0.25) is 0 Å². The lowest BCUT2D eigenvalue weighted by molar-refractivity contribution is 0.584. The molecule has 0 spiro atoms. The number of rotatable bonds is 1. The van der Waals surface area contributed by atoms with Crippen molar-refractivity contribution in [1.82, 2.24) is 4.98 Å². The monoisotopic (exact) mass is 275 g/mol. The summed E-state index contributed by atoms with van der Waals surface area (Å²) in [5.41, 5.74) is 0.457. The quantitative estimate of drug-likeness (QED) is 0.771. The van der Waals surface area contributed by atoms with E-state index in [0.717, 1.165) is 6.07 Å². The van der Waals surface area contributed by atoms with Crippen LogP contribution in [-0.2, 0) is 0 Å². The molecule has 0 atom stereocenters. The van der Waals surface area contributed by atoms with E-state index in [1.807, 2.05) is 0 Å². The van der Waals surface area contributed by atoms with E-state index in [1.165, 1.54) is 23.5 Å². The molecule has 1 aromatic heterocycles. The van der Waals surface area contributed by atoms with Gasteiger partial charge in [-0.1, -0.05) is 0 Å². The summed E-state index contributed by atoms with van der Waals surface area (Å²) in [6.45, 7) is 0. The Labute approximate surface area is 91.5 Å². The van der Waals surface area contributed by atoms with Crippen molar-refractivity contribution in [3.05, 3.63) is 39.8 Å². The third-order valence-electron chi connectivity index (χ3n) is 1.59. The molecule has 0 aliphatic carbocycles. The Bertz CT molecular complexity index is 449. The summed E-state index contributed by atoms with van der Waals surface area (Å²) in [5, 5.41) is 2.35. The Kier molecular flexibility index (Phi) is 2.60. The van der Waals surface area contributed by atoms with Gasteiger partial charge in [0.25, 0.3) is 0 Å². The van der Waals surface area contributed by atoms with Crippen molar-refractivity contribution >= 4 is 27.3 Å². The second-order valence-electron chi connectivity index (χ2n) is 2.63. The van der Waals surface area contributed by atoms with Gasteiger partial charge in [0.2, 0.25) is 0 Å². The highest BCUT2D eigenvalue weighted by Gasteiger charge is 2.06. The molecule has 5 heteroatoms. The maximum Gasteiger partial charge on any atom is 0.126 e. The normalized spacial score (nSPS) is 10.5. The van der Waals surface area contributed by atoms with Crippen LogP contribution in [0.4, 0.5) is 8.78 Å². The van der Waals surface area contributed by atoms with Gasteiger partial charge < -0.3 is 0 Å². The summed E-state index contributed by atoms with van der Waals surface area (Å²) in [6, 6.07) is 3.36. The molecule has 2 aromatic rings. The van der Waals surface area contributed by atoms with Gasteiger partial charge in [0.05, 0.1) is 0 Å². The third-order valence-corrected chi connectivity index (χ3v) is 3.19. The number of thiazole rings is 1. The van der Waals surface area contributed by atoms with Gasteiger partial charge in [0, 0.05) is 17.0 Å². The molecule has 1 aromatic carbocycles. The predicted molar refractivity (Wildman–Crippen MR) is 55.2 cm³/mol. The van der Waals surface area contributed by atoms with Gasteiger partial charge in [-0.25, -0.2) is 13.8 Å². The van der Waals surface area contributed by atoms with E-state index in [1.54, 1.807) is 5.38 Å². The highest BCUT2D eigenvalue weighted by atomic mass is 79.9. The van der Waals surface area contributed by atoms with Crippen LogP contribution in [0.5, 0.6) is 0 Å². The third kappa shape index (κ3) is 1.99. The summed E-state index contributed by atoms with van der Waals surface area (Å²) >= 11 is 4.51. The van der Waals surface area contributed by atoms with Gasteiger partial charge in [0.1, 0.15) is 21.2 Å². The van der Waals surface area contributed by atoms with E-state index in [4.69, 9.17) is 0 Å². The minimum absolute atomic E-state index is 0.457. The number of hydrogen-bond acceptors (Lipinski definition) is 2. The summed E-state index contributed by atoms with van der Waals surface area (Å²) in [7, 11) is 0. The predicted octanol–water partition coefficient (Wildman–Crippen LogP) is 3.85. The molecule has 0 saturated heterocycles. The molecule has 1 nitrogen and oxygen atoms in total. The zero-order chi connectivity index (χ0) is 10.1. The molecule has 0 unspecified atom stereocenters. The second-order valence-corrected chi connectivity index (χ2v) is 4.30. The Morgan fingerprint density at radius 3 is 2.29 bits per heavy atom. The van der Waals surface area contributed by atoms with Crippen molar-refractivity contribution in [1.29, 1.82) is 0 Å². The number of nitrogens with zero attached hydrogens (tertiary/aromatic N) is 1. The molecule has 72 valence electrons. The van der Waals surface area contributed by atoms with Crippen LogP contribution < -0.4 is 0 Å². The fraction of sp³-hybridized carbons (Fsp3) is 0. The van der Waals surface area contributed by atoms with Gasteiger partial charge in [0.15, 0.2) is 0 Å². The SMILES string of the molecule is Fc1cc(F)cc(-c2nc(Br)cs2)c1. The van der Waals surface area contributed by atoms with Crippen molar-refractivity contribution in [2.24, 2.45) is 0 Å². The van der Waals surface area contributed by atoms with Gasteiger partial charge in [-0.3, -0.25) is 0 Å². The number of aromatic nitrogens is 1. The number of hydrogen-bond donors (Lipinski definition) is 0. The van der Waals surface area contributed by atoms with E-state index < -0.39 is 11.6 Å². The molecule has 0 saturated carbocycles. The Hall–Kier alpha value is -0.810. The van der Waals surface area contributed by atoms with E-state index in [-0.39, 0.29) is 0 Å². The fourth-order valence-electron chi connectivity index (χ4n) is 1.06. The smallest absolute Gasteiger partial charge is 0.126 e. The summed E-state index contributed by atoms with van der Waals surface area (Å²) < 4.78 is 26.4. The largest absolute Gasteiger partial charge is 0.229 e. The van der Waals surface area contributed by atoms with E-state index >= 15 is 0 Å². The Balaban J connectivity index is 2.51. The van der Waals surface area contributed by atoms with E-state index in [0.29, 0.717) is 15.2 Å². The van der Waals surface area contributed by atoms with Crippen molar-refractivity contribution < 1.29 is 8.78 Å². The zero-order valence-electron chi connectivity index (χ0n) is 6.80. The first kappa shape index (κ1) is 9.73. The lowest BCUT2D eigenvalue weighted by atomic mass is 10.2. The molecule has 1 heterocycles. The van der Waals surface area contributed by atoms with Crippen LogP contribution in [0.25, 0.3) is 10.6 Å². The van der Waals surface area contributed by atoms with Crippen molar-refractivity contribution in [3.63, 3.8) is 0 Å². The zero-order valence-corrected chi connectivity index (χ0v) is 9.20. The first-order valence-electron chi connectivity index (χ1n) is 3.72. The highest BCUT2D eigenvalue weighted by Crippen LogP contribution is 2.27. The van der Waals surface area contributed by atoms with Crippen LogP contribution in [0.15, 0.2) is 28.2 Å². The van der Waals surface area contributed by atoms with Gasteiger partial charge >= 0.3 is 0 Å². The lowest BCUT2D eigenvalue weighted by Crippen LogP contribution is -1.83. The minimum Gasteiger partial charge on any atom is -0.229 e. The Morgan fingerprint density at radius 2 is 1.79 bits per heavy atom. The Morgan fingerprint density at radius 1 is 1.14 bits per heavy atom. The first-order valence-corrected chi connectivity index (χ1v) is 5.40. The van der Waals surface area contributed by atoms with Crippen LogP contribution in [0.1, 0.15) is 0 Å². The molecule has 0 amide bonds. The minimum atomic E-state index is -0.591. The van der Waals surface area contributed by atoms with Crippen molar-refractivity contribution in [3.8, 4) is 10.6 Å². The van der Waals surface area contributed by atoms with Gasteiger partial charge in [-0.2, -0.15) is 0 Å². The second kappa shape index (κ2) is 3.74. The van der Waals surface area contributed by atoms with Gasteiger partial charge in [-0.15, -0.1) is 11.3 Å². The molecule has 0 aliphatic heterocycles. The molecule has 0 bridgehead atoms. The first-order chi connectivity index (χ1) is 6.65. The number of benzene rings is 1. The van der Waals surface area contributed by atoms with Crippen LogP contribution >= 0.6 is 27.3 Å². The summed E-state index contributed by atoms with van der Waals surface area (Å²) in [6.07, 6.45) is 0. The summed E-state index contributed by atoms with van der Waals surface area (Å²) in [5.74, 6) is -1.18. The standard InChI is InChI=1S/C9H4BrF2NS/c10-8-4-14-9(13-8)5-1-6(11)3-7(12)2-5/h1-4H. The molecular formula is C9H4BrF2NS. The molecule has 14 heavy (non-hydrogen) atoms. The molecule has 0 aliphatic rings. The molecular weight excluding hydrogens is 272 g/mol.